The van der Waals surface area contributed by atoms with E-state index in [1.807, 2.05) is 54.8 Å². The lowest BCUT2D eigenvalue weighted by molar-refractivity contribution is -0.142. The van der Waals surface area contributed by atoms with E-state index in [0.29, 0.717) is 12.2 Å². The first kappa shape index (κ1) is 24.6. The number of rotatable bonds is 11. The summed E-state index contributed by atoms with van der Waals surface area (Å²) in [5.41, 5.74) is 4.39. The molecular weight excluding hydrogens is 444 g/mol. The lowest BCUT2D eigenvalue weighted by atomic mass is 9.98. The number of carbonyl (C=O) groups excluding carboxylic acids is 2. The van der Waals surface area contributed by atoms with E-state index >= 15 is 0 Å². The van der Waals surface area contributed by atoms with Crippen molar-refractivity contribution in [1.82, 2.24) is 10.6 Å². The molecule has 0 fully saturated rings. The molecule has 0 spiro atoms. The number of thioether (sulfide) groups is 1. The van der Waals surface area contributed by atoms with Gasteiger partial charge in [-0.1, -0.05) is 48.5 Å². The van der Waals surface area contributed by atoms with Crippen molar-refractivity contribution >= 4 is 29.7 Å². The van der Waals surface area contributed by atoms with Crippen molar-refractivity contribution in [3.8, 4) is 11.1 Å². The third-order valence-electron chi connectivity index (χ3n) is 5.60. The Morgan fingerprint density at radius 3 is 2.12 bits per heavy atom. The summed E-state index contributed by atoms with van der Waals surface area (Å²) in [4.78, 5) is 36.5. The first-order valence-electron chi connectivity index (χ1n) is 10.7. The largest absolute Gasteiger partial charge is 0.480 e. The van der Waals surface area contributed by atoms with Crippen molar-refractivity contribution in [3.63, 3.8) is 0 Å². The number of carboxylic acids is 1. The van der Waals surface area contributed by atoms with E-state index in [1.165, 1.54) is 11.8 Å². The van der Waals surface area contributed by atoms with Gasteiger partial charge in [0.1, 0.15) is 18.7 Å². The van der Waals surface area contributed by atoms with Crippen molar-refractivity contribution in [3.05, 3.63) is 59.7 Å². The molecule has 0 bridgehead atoms. The predicted molar refractivity (Wildman–Crippen MR) is 126 cm³/mol. The Hall–Kier alpha value is -3.04. The summed E-state index contributed by atoms with van der Waals surface area (Å²) in [7, 11) is 0. The highest BCUT2D eigenvalue weighted by Crippen LogP contribution is 2.44. The van der Waals surface area contributed by atoms with Gasteiger partial charge in [0.2, 0.25) is 5.91 Å². The Morgan fingerprint density at radius 2 is 1.58 bits per heavy atom. The van der Waals surface area contributed by atoms with Gasteiger partial charge in [0, 0.05) is 18.9 Å². The monoisotopic (exact) mass is 472 g/mol. The fraction of sp³-hybridized carbons (Fsp3) is 0.375. The molecule has 33 heavy (non-hydrogen) atoms. The number of alkyl carbamates (subject to hydrolysis) is 1. The first-order chi connectivity index (χ1) is 16.0. The number of carbonyl (C=O) groups is 3. The lowest BCUT2D eigenvalue weighted by Gasteiger charge is -2.21. The van der Waals surface area contributed by atoms with Crippen LogP contribution >= 0.6 is 11.8 Å². The van der Waals surface area contributed by atoms with Gasteiger partial charge in [-0.25, -0.2) is 9.59 Å². The van der Waals surface area contributed by atoms with Gasteiger partial charge in [0.05, 0.1) is 0 Å². The highest BCUT2D eigenvalue weighted by molar-refractivity contribution is 7.98. The van der Waals surface area contributed by atoms with Crippen LogP contribution in [0.25, 0.3) is 11.1 Å². The van der Waals surface area contributed by atoms with Crippen LogP contribution in [0.5, 0.6) is 0 Å². The van der Waals surface area contributed by atoms with Crippen molar-refractivity contribution in [2.24, 2.45) is 0 Å². The molecule has 0 radical (unpaired) electrons. The lowest BCUT2D eigenvalue weighted by Crippen LogP contribution is -2.52. The molecule has 8 nitrogen and oxygen atoms in total. The summed E-state index contributed by atoms with van der Waals surface area (Å²) < 4.78 is 5.51. The summed E-state index contributed by atoms with van der Waals surface area (Å²) in [5, 5.41) is 23.2. The van der Waals surface area contributed by atoms with Crippen LogP contribution in [0.4, 0.5) is 4.79 Å². The van der Waals surface area contributed by atoms with Crippen molar-refractivity contribution in [2.45, 2.75) is 30.8 Å². The highest BCUT2D eigenvalue weighted by atomic mass is 32.2. The molecule has 2 atom stereocenters. The zero-order chi connectivity index (χ0) is 23.8. The molecule has 0 heterocycles. The van der Waals surface area contributed by atoms with Gasteiger partial charge in [-0.15, -0.1) is 0 Å². The summed E-state index contributed by atoms with van der Waals surface area (Å²) in [6, 6.07) is 13.8. The van der Waals surface area contributed by atoms with Crippen LogP contribution in [-0.4, -0.2) is 65.5 Å². The van der Waals surface area contributed by atoms with Crippen LogP contribution in [-0.2, 0) is 14.3 Å². The fourth-order valence-corrected chi connectivity index (χ4v) is 4.42. The van der Waals surface area contributed by atoms with Crippen molar-refractivity contribution < 1.29 is 29.3 Å². The minimum absolute atomic E-state index is 0.109. The van der Waals surface area contributed by atoms with Crippen LogP contribution < -0.4 is 10.6 Å². The van der Waals surface area contributed by atoms with E-state index in [1.54, 1.807) is 0 Å². The van der Waals surface area contributed by atoms with E-state index in [4.69, 9.17) is 9.84 Å². The van der Waals surface area contributed by atoms with Gasteiger partial charge in [-0.05, 0) is 40.7 Å². The molecule has 2 aromatic carbocycles. The second kappa shape index (κ2) is 11.7. The predicted octanol–water partition coefficient (Wildman–Crippen LogP) is 2.60. The van der Waals surface area contributed by atoms with E-state index in [-0.39, 0.29) is 25.6 Å². The third kappa shape index (κ3) is 6.06. The standard InChI is InChI=1S/C24H28N2O6S/c1-33-13-11-20(22(28)25-21(10-12-27)23(29)30)26-24(31)32-14-19-17-8-4-2-6-15(17)16-7-3-5-9-18(16)19/h2-9,19-21,27H,10-14H2,1H3,(H,25,28)(H,26,31)(H,29,30)/t20-,21+/m1/s1. The summed E-state index contributed by atoms with van der Waals surface area (Å²) in [5.74, 6) is -1.40. The molecule has 0 saturated heterocycles. The number of hydrogen-bond donors (Lipinski definition) is 4. The van der Waals surface area contributed by atoms with Crippen LogP contribution in [0.3, 0.4) is 0 Å². The Labute approximate surface area is 196 Å². The summed E-state index contributed by atoms with van der Waals surface area (Å²) in [6.07, 6.45) is 1.31. The molecule has 2 amide bonds. The van der Waals surface area contributed by atoms with E-state index in [9.17, 15) is 19.5 Å². The van der Waals surface area contributed by atoms with Crippen LogP contribution in [0, 0.1) is 0 Å². The Kier molecular flexibility index (Phi) is 8.73. The molecule has 0 aromatic heterocycles. The van der Waals surface area contributed by atoms with Crippen LogP contribution in [0.1, 0.15) is 29.9 Å². The highest BCUT2D eigenvalue weighted by Gasteiger charge is 2.30. The number of aliphatic hydroxyl groups excluding tert-OH is 1. The van der Waals surface area contributed by atoms with E-state index in [0.717, 1.165) is 22.3 Å². The maximum absolute atomic E-state index is 12.6. The van der Waals surface area contributed by atoms with Crippen LogP contribution in [0.15, 0.2) is 48.5 Å². The second-order valence-electron chi connectivity index (χ2n) is 7.72. The number of ether oxygens (including phenoxy) is 1. The Balaban J connectivity index is 1.65. The van der Waals surface area contributed by atoms with Crippen LogP contribution in [0.2, 0.25) is 0 Å². The van der Waals surface area contributed by atoms with Gasteiger partial charge < -0.3 is 25.6 Å². The number of benzene rings is 2. The fourth-order valence-electron chi connectivity index (χ4n) is 3.95. The van der Waals surface area contributed by atoms with Gasteiger partial charge in [0.25, 0.3) is 0 Å². The minimum Gasteiger partial charge on any atom is -0.480 e. The molecular formula is C24H28N2O6S. The van der Waals surface area contributed by atoms with E-state index < -0.39 is 30.1 Å². The molecule has 1 aliphatic carbocycles. The quantitative estimate of drug-likeness (QED) is 0.396. The summed E-state index contributed by atoms with van der Waals surface area (Å²) in [6.45, 7) is -0.272. The Bertz CT molecular complexity index is 953. The maximum Gasteiger partial charge on any atom is 0.407 e. The molecule has 9 heteroatoms. The molecule has 0 saturated carbocycles. The second-order valence-corrected chi connectivity index (χ2v) is 8.70. The topological polar surface area (TPSA) is 125 Å². The van der Waals surface area contributed by atoms with E-state index in [2.05, 4.69) is 10.6 Å². The molecule has 3 rings (SSSR count). The molecule has 0 unspecified atom stereocenters. The molecule has 4 N–H and O–H groups in total. The maximum atomic E-state index is 12.6. The van der Waals surface area contributed by atoms with Gasteiger partial charge in [0.15, 0.2) is 0 Å². The average Bonchev–Trinajstić information content (AvgIpc) is 3.13. The number of amides is 2. The summed E-state index contributed by atoms with van der Waals surface area (Å²) >= 11 is 1.50. The zero-order valence-electron chi connectivity index (χ0n) is 18.3. The number of nitrogens with one attached hydrogen (secondary N) is 2. The SMILES string of the molecule is CSCC[C@@H](NC(=O)OCC1c2ccccc2-c2ccccc21)C(=O)N[C@@H](CCO)C(=O)O. The zero-order valence-corrected chi connectivity index (χ0v) is 19.1. The number of hydrogen-bond acceptors (Lipinski definition) is 6. The molecule has 0 aliphatic heterocycles. The molecule has 2 aromatic rings. The Morgan fingerprint density at radius 1 is 0.970 bits per heavy atom. The number of carboxylic acid groups (broad SMARTS) is 1. The number of aliphatic carboxylic acids is 1. The van der Waals surface area contributed by atoms with Gasteiger partial charge in [-0.3, -0.25) is 4.79 Å². The van der Waals surface area contributed by atoms with Gasteiger partial charge in [-0.2, -0.15) is 11.8 Å². The first-order valence-corrected chi connectivity index (χ1v) is 12.1. The molecule has 176 valence electrons. The average molecular weight is 473 g/mol. The normalized spacial score (nSPS) is 14.0. The van der Waals surface area contributed by atoms with Crippen molar-refractivity contribution in [1.29, 1.82) is 0 Å². The molecule has 1 aliphatic rings. The minimum atomic E-state index is -1.25. The third-order valence-corrected chi connectivity index (χ3v) is 6.24. The van der Waals surface area contributed by atoms with Crippen molar-refractivity contribution in [2.75, 3.05) is 25.2 Å². The van der Waals surface area contributed by atoms with Gasteiger partial charge >= 0.3 is 12.1 Å². The number of fused-ring (bicyclic) bond motifs is 3. The number of aliphatic hydroxyl groups is 1. The smallest absolute Gasteiger partial charge is 0.407 e.